The highest BCUT2D eigenvalue weighted by Crippen LogP contribution is 2.21. The van der Waals surface area contributed by atoms with Gasteiger partial charge in [-0.05, 0) is 26.0 Å². The number of nitrogens with one attached hydrogen (secondary N) is 1. The van der Waals surface area contributed by atoms with E-state index in [0.29, 0.717) is 19.8 Å². The third-order valence-corrected chi connectivity index (χ3v) is 3.14. The average Bonchev–Trinajstić information content (AvgIpc) is 2.38. The number of nitrogens with zero attached hydrogens (tertiary/aromatic N) is 2. The van der Waals surface area contributed by atoms with E-state index in [0.717, 1.165) is 0 Å². The number of pyridine rings is 1. The molecule has 2 N–H and O–H groups in total. The zero-order chi connectivity index (χ0) is 14.8. The first-order chi connectivity index (χ1) is 9.42. The molecule has 20 heavy (non-hydrogen) atoms. The number of aromatic carboxylic acids is 1. The second kappa shape index (κ2) is 5.46. The van der Waals surface area contributed by atoms with Gasteiger partial charge >= 0.3 is 12.0 Å². The van der Waals surface area contributed by atoms with Crippen molar-refractivity contribution in [2.45, 2.75) is 19.4 Å². The minimum atomic E-state index is -1.18. The lowest BCUT2D eigenvalue weighted by Gasteiger charge is -2.41. The first-order valence-electron chi connectivity index (χ1n) is 6.26. The molecule has 0 unspecified atom stereocenters. The number of rotatable bonds is 2. The molecule has 108 valence electrons. The molecule has 2 amide bonds. The van der Waals surface area contributed by atoms with Crippen LogP contribution in [0.1, 0.15) is 24.3 Å². The number of carbonyl (C=O) groups excluding carboxylic acids is 1. The highest BCUT2D eigenvalue weighted by Gasteiger charge is 2.34. The number of carbonyl (C=O) groups is 2. The summed E-state index contributed by atoms with van der Waals surface area (Å²) in [5.41, 5.74) is -0.423. The van der Waals surface area contributed by atoms with Gasteiger partial charge in [0.15, 0.2) is 5.69 Å². The van der Waals surface area contributed by atoms with E-state index in [4.69, 9.17) is 9.84 Å². The minimum absolute atomic E-state index is 0.174. The standard InChI is InChI=1S/C13H17N3O4/c1-13(2)8-20-7-6-16(13)12(19)15-9-4-3-5-14-10(9)11(17)18/h3-5H,6-8H2,1-2H3,(H,15,19)(H,17,18). The predicted octanol–water partition coefficient (Wildman–Crippen LogP) is 1.42. The molecule has 2 rings (SSSR count). The summed E-state index contributed by atoms with van der Waals surface area (Å²) in [7, 11) is 0. The molecule has 1 aliphatic heterocycles. The minimum Gasteiger partial charge on any atom is -0.476 e. The summed E-state index contributed by atoms with van der Waals surface area (Å²) in [6.45, 7) is 5.16. The Labute approximate surface area is 116 Å². The Morgan fingerprint density at radius 2 is 2.25 bits per heavy atom. The van der Waals surface area contributed by atoms with Gasteiger partial charge in [0.25, 0.3) is 0 Å². The molecule has 0 bridgehead atoms. The summed E-state index contributed by atoms with van der Waals surface area (Å²) in [5.74, 6) is -1.18. The third kappa shape index (κ3) is 2.88. The fraction of sp³-hybridized carbons (Fsp3) is 0.462. The van der Waals surface area contributed by atoms with Gasteiger partial charge in [-0.2, -0.15) is 0 Å². The van der Waals surface area contributed by atoms with Crippen molar-refractivity contribution in [2.75, 3.05) is 25.1 Å². The molecule has 7 nitrogen and oxygen atoms in total. The first-order valence-corrected chi connectivity index (χ1v) is 6.26. The van der Waals surface area contributed by atoms with Gasteiger partial charge < -0.3 is 20.1 Å². The van der Waals surface area contributed by atoms with Crippen LogP contribution in [-0.4, -0.2) is 52.3 Å². The van der Waals surface area contributed by atoms with Crippen molar-refractivity contribution in [3.05, 3.63) is 24.0 Å². The van der Waals surface area contributed by atoms with E-state index >= 15 is 0 Å². The Kier molecular flexibility index (Phi) is 3.89. The number of anilines is 1. The molecule has 7 heteroatoms. The Hall–Kier alpha value is -2.15. The molecule has 0 atom stereocenters. The van der Waals surface area contributed by atoms with Crippen molar-refractivity contribution >= 4 is 17.7 Å². The predicted molar refractivity (Wildman–Crippen MR) is 71.8 cm³/mol. The highest BCUT2D eigenvalue weighted by molar-refractivity contribution is 5.98. The number of ether oxygens (including phenoxy) is 1. The van der Waals surface area contributed by atoms with Gasteiger partial charge in [0.1, 0.15) is 0 Å². The number of hydrogen-bond donors (Lipinski definition) is 2. The van der Waals surface area contributed by atoms with Crippen LogP contribution in [0.25, 0.3) is 0 Å². The van der Waals surface area contributed by atoms with Crippen LogP contribution in [0, 0.1) is 0 Å². The molecular weight excluding hydrogens is 262 g/mol. The largest absolute Gasteiger partial charge is 0.476 e. The molecule has 1 aliphatic rings. The summed E-state index contributed by atoms with van der Waals surface area (Å²) in [4.78, 5) is 28.7. The Morgan fingerprint density at radius 3 is 2.90 bits per heavy atom. The maximum Gasteiger partial charge on any atom is 0.356 e. The zero-order valence-electron chi connectivity index (χ0n) is 11.4. The third-order valence-electron chi connectivity index (χ3n) is 3.14. The van der Waals surface area contributed by atoms with E-state index in [1.807, 2.05) is 13.8 Å². The van der Waals surface area contributed by atoms with Crippen LogP contribution in [0.15, 0.2) is 18.3 Å². The van der Waals surface area contributed by atoms with E-state index in [-0.39, 0.29) is 17.4 Å². The van der Waals surface area contributed by atoms with E-state index in [1.165, 1.54) is 12.3 Å². The lowest BCUT2D eigenvalue weighted by molar-refractivity contribution is -0.0249. The van der Waals surface area contributed by atoms with Crippen LogP contribution >= 0.6 is 0 Å². The number of urea groups is 1. The van der Waals surface area contributed by atoms with Gasteiger partial charge in [0, 0.05) is 12.7 Å². The van der Waals surface area contributed by atoms with Gasteiger partial charge in [-0.15, -0.1) is 0 Å². The van der Waals surface area contributed by atoms with Crippen molar-refractivity contribution in [2.24, 2.45) is 0 Å². The molecule has 0 radical (unpaired) electrons. The van der Waals surface area contributed by atoms with Crippen LogP contribution in [0.3, 0.4) is 0 Å². The van der Waals surface area contributed by atoms with Gasteiger partial charge in [-0.1, -0.05) is 0 Å². The Bertz CT molecular complexity index is 530. The average molecular weight is 279 g/mol. The van der Waals surface area contributed by atoms with Gasteiger partial charge in [-0.3, -0.25) is 0 Å². The fourth-order valence-electron chi connectivity index (χ4n) is 2.09. The molecule has 1 aromatic rings. The van der Waals surface area contributed by atoms with Crippen molar-refractivity contribution in [1.29, 1.82) is 0 Å². The van der Waals surface area contributed by atoms with Gasteiger partial charge in [0.05, 0.1) is 24.4 Å². The van der Waals surface area contributed by atoms with Crippen molar-refractivity contribution in [3.63, 3.8) is 0 Å². The van der Waals surface area contributed by atoms with Crippen molar-refractivity contribution < 1.29 is 19.4 Å². The second-order valence-corrected chi connectivity index (χ2v) is 5.15. The smallest absolute Gasteiger partial charge is 0.356 e. The van der Waals surface area contributed by atoms with Gasteiger partial charge in [-0.25, -0.2) is 14.6 Å². The maximum atomic E-state index is 12.3. The normalized spacial score (nSPS) is 17.6. The fourth-order valence-corrected chi connectivity index (χ4v) is 2.09. The molecule has 1 aromatic heterocycles. The number of hydrogen-bond acceptors (Lipinski definition) is 4. The van der Waals surface area contributed by atoms with E-state index in [1.54, 1.807) is 11.0 Å². The molecule has 2 heterocycles. The molecule has 0 saturated carbocycles. The zero-order valence-corrected chi connectivity index (χ0v) is 11.4. The molecule has 1 fully saturated rings. The molecule has 0 spiro atoms. The maximum absolute atomic E-state index is 12.3. The number of amides is 2. The lowest BCUT2D eigenvalue weighted by Crippen LogP contribution is -2.56. The summed E-state index contributed by atoms with van der Waals surface area (Å²) in [5, 5.41) is 11.6. The number of aromatic nitrogens is 1. The SMILES string of the molecule is CC1(C)COCCN1C(=O)Nc1cccnc1C(=O)O. The number of morpholine rings is 1. The van der Waals surface area contributed by atoms with E-state index in [2.05, 4.69) is 10.3 Å². The summed E-state index contributed by atoms with van der Waals surface area (Å²) < 4.78 is 5.35. The monoisotopic (exact) mass is 279 g/mol. The first kappa shape index (κ1) is 14.3. The summed E-state index contributed by atoms with van der Waals surface area (Å²) >= 11 is 0. The molecule has 0 aromatic carbocycles. The van der Waals surface area contributed by atoms with Crippen molar-refractivity contribution in [3.8, 4) is 0 Å². The molecular formula is C13H17N3O4. The van der Waals surface area contributed by atoms with Crippen LogP contribution in [0.2, 0.25) is 0 Å². The van der Waals surface area contributed by atoms with E-state index < -0.39 is 11.5 Å². The molecule has 0 aliphatic carbocycles. The Morgan fingerprint density at radius 1 is 1.50 bits per heavy atom. The topological polar surface area (TPSA) is 91.8 Å². The Balaban J connectivity index is 2.18. The quantitative estimate of drug-likeness (QED) is 0.854. The summed E-state index contributed by atoms with van der Waals surface area (Å²) in [6.07, 6.45) is 1.37. The number of carboxylic acid groups (broad SMARTS) is 1. The number of carboxylic acids is 1. The molecule has 1 saturated heterocycles. The van der Waals surface area contributed by atoms with Crippen LogP contribution in [0.5, 0.6) is 0 Å². The highest BCUT2D eigenvalue weighted by atomic mass is 16.5. The van der Waals surface area contributed by atoms with Crippen LogP contribution in [0.4, 0.5) is 10.5 Å². The van der Waals surface area contributed by atoms with Crippen LogP contribution < -0.4 is 5.32 Å². The van der Waals surface area contributed by atoms with Crippen LogP contribution in [-0.2, 0) is 4.74 Å². The van der Waals surface area contributed by atoms with Gasteiger partial charge in [0.2, 0.25) is 0 Å². The second-order valence-electron chi connectivity index (χ2n) is 5.15. The van der Waals surface area contributed by atoms with Crippen molar-refractivity contribution in [1.82, 2.24) is 9.88 Å². The lowest BCUT2D eigenvalue weighted by atomic mass is 10.0. The summed E-state index contributed by atoms with van der Waals surface area (Å²) in [6, 6.07) is 2.74. The van der Waals surface area contributed by atoms with E-state index in [9.17, 15) is 9.59 Å².